The molecule has 80 valence electrons. The van der Waals surface area contributed by atoms with Crippen LogP contribution < -0.4 is 0 Å². The van der Waals surface area contributed by atoms with Crippen LogP contribution in [-0.2, 0) is 11.2 Å². The summed E-state index contributed by atoms with van der Waals surface area (Å²) in [6, 6.07) is 4.14. The van der Waals surface area contributed by atoms with Crippen molar-refractivity contribution in [2.45, 2.75) is 19.3 Å². The van der Waals surface area contributed by atoms with E-state index in [4.69, 9.17) is 0 Å². The number of carbonyl (C=O) groups is 2. The zero-order valence-corrected chi connectivity index (χ0v) is 7.95. The fourth-order valence-electron chi connectivity index (χ4n) is 1.31. The molecule has 1 rings (SSSR count). The molecule has 0 N–H and O–H groups in total. The summed E-state index contributed by atoms with van der Waals surface area (Å²) in [5, 5.41) is 0. The number of halogens is 2. The first kappa shape index (κ1) is 11.5. The Bertz CT molecular complexity index is 362. The first-order valence-corrected chi connectivity index (χ1v) is 4.49. The van der Waals surface area contributed by atoms with E-state index in [2.05, 4.69) is 0 Å². The lowest BCUT2D eigenvalue weighted by Crippen LogP contribution is -1.96. The molecule has 0 amide bonds. The van der Waals surface area contributed by atoms with Crippen LogP contribution in [0.15, 0.2) is 18.2 Å². The number of rotatable bonds is 5. The van der Waals surface area contributed by atoms with Crippen LogP contribution in [-0.4, -0.2) is 12.6 Å². The Morgan fingerprint density at radius 3 is 2.53 bits per heavy atom. The molecule has 0 atom stereocenters. The smallest absolute Gasteiger partial charge is 0.264 e. The molecule has 0 aliphatic carbocycles. The summed E-state index contributed by atoms with van der Waals surface area (Å²) in [6.45, 7) is 0. The van der Waals surface area contributed by atoms with Crippen molar-refractivity contribution in [3.05, 3.63) is 34.9 Å². The molecule has 0 aliphatic rings. The molecule has 0 heterocycles. The summed E-state index contributed by atoms with van der Waals surface area (Å²) in [5.74, 6) is 0. The summed E-state index contributed by atoms with van der Waals surface area (Å²) >= 11 is 0. The lowest BCUT2D eigenvalue weighted by atomic mass is 10.0. The molecule has 4 heteroatoms. The van der Waals surface area contributed by atoms with Crippen LogP contribution in [0.1, 0.15) is 34.3 Å². The number of benzene rings is 1. The average molecular weight is 212 g/mol. The molecular formula is C11H10F2O2. The maximum atomic E-state index is 12.4. The second-order valence-electron chi connectivity index (χ2n) is 3.09. The summed E-state index contributed by atoms with van der Waals surface area (Å²) in [5.41, 5.74) is 0.446. The van der Waals surface area contributed by atoms with Gasteiger partial charge in [-0.1, -0.05) is 12.1 Å². The van der Waals surface area contributed by atoms with Gasteiger partial charge in [0.15, 0.2) is 6.29 Å². The van der Waals surface area contributed by atoms with Crippen molar-refractivity contribution >= 4 is 12.6 Å². The second kappa shape index (κ2) is 5.34. The Morgan fingerprint density at radius 2 is 2.00 bits per heavy atom. The van der Waals surface area contributed by atoms with E-state index in [0.29, 0.717) is 24.7 Å². The van der Waals surface area contributed by atoms with Crippen LogP contribution in [0.4, 0.5) is 8.78 Å². The van der Waals surface area contributed by atoms with Crippen molar-refractivity contribution in [3.8, 4) is 0 Å². The van der Waals surface area contributed by atoms with Crippen molar-refractivity contribution in [2.75, 3.05) is 0 Å². The van der Waals surface area contributed by atoms with Crippen molar-refractivity contribution < 1.29 is 18.4 Å². The summed E-state index contributed by atoms with van der Waals surface area (Å²) in [4.78, 5) is 20.7. The van der Waals surface area contributed by atoms with Crippen LogP contribution in [0.5, 0.6) is 0 Å². The molecule has 1 aromatic rings. The molecule has 0 radical (unpaired) electrons. The fourth-order valence-corrected chi connectivity index (χ4v) is 1.31. The first-order chi connectivity index (χ1) is 7.19. The molecule has 0 saturated heterocycles. The van der Waals surface area contributed by atoms with Crippen LogP contribution in [0, 0.1) is 0 Å². The van der Waals surface area contributed by atoms with Gasteiger partial charge in [-0.25, -0.2) is 8.78 Å². The molecule has 0 spiro atoms. The van der Waals surface area contributed by atoms with Gasteiger partial charge in [0.2, 0.25) is 0 Å². The van der Waals surface area contributed by atoms with Crippen LogP contribution >= 0.6 is 0 Å². The molecule has 0 saturated carbocycles. The molecule has 0 unspecified atom stereocenters. The Labute approximate surface area is 85.9 Å². The average Bonchev–Trinajstić information content (AvgIpc) is 2.25. The molecule has 0 aromatic heterocycles. The third-order valence-electron chi connectivity index (χ3n) is 2.06. The van der Waals surface area contributed by atoms with Gasteiger partial charge in [-0.05, 0) is 18.1 Å². The Kier molecular flexibility index (Phi) is 4.09. The van der Waals surface area contributed by atoms with Crippen molar-refractivity contribution in [1.29, 1.82) is 0 Å². The summed E-state index contributed by atoms with van der Waals surface area (Å²) < 4.78 is 24.8. The highest BCUT2D eigenvalue weighted by Gasteiger charge is 2.12. The van der Waals surface area contributed by atoms with Gasteiger partial charge in [0.25, 0.3) is 6.43 Å². The number of alkyl halides is 2. The molecule has 1 aromatic carbocycles. The minimum Gasteiger partial charge on any atom is -0.303 e. The zero-order valence-electron chi connectivity index (χ0n) is 7.95. The quantitative estimate of drug-likeness (QED) is 0.703. The van der Waals surface area contributed by atoms with Crippen molar-refractivity contribution in [2.24, 2.45) is 0 Å². The van der Waals surface area contributed by atoms with Crippen LogP contribution in [0.25, 0.3) is 0 Å². The van der Waals surface area contributed by atoms with Gasteiger partial charge in [-0.15, -0.1) is 0 Å². The second-order valence-corrected chi connectivity index (χ2v) is 3.09. The molecule has 2 nitrogen and oxygen atoms in total. The van der Waals surface area contributed by atoms with Crippen molar-refractivity contribution in [3.63, 3.8) is 0 Å². The lowest BCUT2D eigenvalue weighted by molar-refractivity contribution is -0.107. The summed E-state index contributed by atoms with van der Waals surface area (Å²) in [6.07, 6.45) is -0.696. The number of aldehydes is 2. The Hall–Kier alpha value is -1.58. The van der Waals surface area contributed by atoms with E-state index in [1.807, 2.05) is 0 Å². The number of hydrogen-bond acceptors (Lipinski definition) is 2. The summed E-state index contributed by atoms with van der Waals surface area (Å²) in [7, 11) is 0. The Morgan fingerprint density at radius 1 is 1.27 bits per heavy atom. The number of carbonyl (C=O) groups excluding carboxylic acids is 2. The van der Waals surface area contributed by atoms with Gasteiger partial charge < -0.3 is 4.79 Å². The van der Waals surface area contributed by atoms with E-state index < -0.39 is 6.43 Å². The third-order valence-corrected chi connectivity index (χ3v) is 2.06. The molecule has 0 aliphatic heterocycles. The van der Waals surface area contributed by atoms with E-state index in [1.165, 1.54) is 18.2 Å². The van der Waals surface area contributed by atoms with Gasteiger partial charge >= 0.3 is 0 Å². The molecule has 0 fully saturated rings. The SMILES string of the molecule is O=CCCc1ccc(C(F)F)c(C=O)c1. The van der Waals surface area contributed by atoms with Gasteiger partial charge in [-0.2, -0.15) is 0 Å². The van der Waals surface area contributed by atoms with Gasteiger partial charge in [0.1, 0.15) is 6.29 Å². The van der Waals surface area contributed by atoms with E-state index >= 15 is 0 Å². The predicted octanol–water partition coefficient (Wildman–Crippen LogP) is 2.57. The van der Waals surface area contributed by atoms with Crippen LogP contribution in [0.2, 0.25) is 0 Å². The largest absolute Gasteiger partial charge is 0.303 e. The normalized spacial score (nSPS) is 10.3. The van der Waals surface area contributed by atoms with E-state index in [-0.39, 0.29) is 11.1 Å². The monoisotopic (exact) mass is 212 g/mol. The maximum absolute atomic E-state index is 12.4. The van der Waals surface area contributed by atoms with Gasteiger partial charge in [0.05, 0.1) is 0 Å². The topological polar surface area (TPSA) is 34.1 Å². The van der Waals surface area contributed by atoms with Gasteiger partial charge in [-0.3, -0.25) is 4.79 Å². The molecule has 0 bridgehead atoms. The third kappa shape index (κ3) is 2.94. The van der Waals surface area contributed by atoms with Gasteiger partial charge in [0, 0.05) is 17.5 Å². The van der Waals surface area contributed by atoms with E-state index in [1.54, 1.807) is 0 Å². The van der Waals surface area contributed by atoms with E-state index in [9.17, 15) is 18.4 Å². The maximum Gasteiger partial charge on any atom is 0.264 e. The minimum absolute atomic E-state index is 0.00611. The fraction of sp³-hybridized carbons (Fsp3) is 0.273. The molecular weight excluding hydrogens is 202 g/mol. The van der Waals surface area contributed by atoms with Crippen LogP contribution in [0.3, 0.4) is 0 Å². The van der Waals surface area contributed by atoms with Crippen molar-refractivity contribution in [1.82, 2.24) is 0 Å². The molecule has 15 heavy (non-hydrogen) atoms. The number of hydrogen-bond donors (Lipinski definition) is 0. The number of aryl methyl sites for hydroxylation is 1. The van der Waals surface area contributed by atoms with E-state index in [0.717, 1.165) is 6.29 Å². The minimum atomic E-state index is -2.65. The standard InChI is InChI=1S/C11H10F2O2/c12-11(13)10-4-3-8(2-1-5-14)6-9(10)7-15/h3-7,11H,1-2H2. The first-order valence-electron chi connectivity index (χ1n) is 4.49. The zero-order chi connectivity index (χ0) is 11.3. The lowest BCUT2D eigenvalue weighted by Gasteiger charge is -2.05. The highest BCUT2D eigenvalue weighted by Crippen LogP contribution is 2.23. The predicted molar refractivity (Wildman–Crippen MR) is 51.2 cm³/mol. The Balaban J connectivity index is 2.96. The highest BCUT2D eigenvalue weighted by molar-refractivity contribution is 5.77. The highest BCUT2D eigenvalue weighted by atomic mass is 19.3.